The van der Waals surface area contributed by atoms with E-state index in [2.05, 4.69) is 20.5 Å². The molecule has 0 fully saturated rings. The Morgan fingerprint density at radius 3 is 2.74 bits per heavy atom. The third kappa shape index (κ3) is 2.63. The molecule has 0 spiro atoms. The van der Waals surface area contributed by atoms with Gasteiger partial charge in [-0.25, -0.2) is 4.98 Å². The van der Waals surface area contributed by atoms with Crippen LogP contribution in [0.5, 0.6) is 0 Å². The fourth-order valence-corrected chi connectivity index (χ4v) is 2.36. The van der Waals surface area contributed by atoms with Gasteiger partial charge in [0.25, 0.3) is 0 Å². The first-order valence-electron chi connectivity index (χ1n) is 5.89. The first-order chi connectivity index (χ1) is 9.33. The maximum absolute atomic E-state index is 4.24. The molecule has 0 aliphatic rings. The molecule has 0 aliphatic carbocycles. The average molecular weight is 271 g/mol. The summed E-state index contributed by atoms with van der Waals surface area (Å²) in [5.74, 6) is 0.867. The second-order valence-corrected chi connectivity index (χ2v) is 5.10. The molecule has 3 rings (SSSR count). The van der Waals surface area contributed by atoms with Gasteiger partial charge in [-0.15, -0.1) is 21.5 Å². The Morgan fingerprint density at radius 2 is 2.11 bits per heavy atom. The SMILES string of the molecule is Cn1cnnc1-c1ccc(NCc2nccs2)cc1. The van der Waals surface area contributed by atoms with Crippen molar-refractivity contribution in [3.63, 3.8) is 0 Å². The summed E-state index contributed by atoms with van der Waals surface area (Å²) in [6, 6.07) is 8.15. The molecule has 2 heterocycles. The number of nitrogens with one attached hydrogen (secondary N) is 1. The van der Waals surface area contributed by atoms with Crippen molar-refractivity contribution in [2.45, 2.75) is 6.54 Å². The second kappa shape index (κ2) is 5.19. The molecule has 2 aromatic heterocycles. The van der Waals surface area contributed by atoms with Crippen LogP contribution >= 0.6 is 11.3 Å². The zero-order valence-corrected chi connectivity index (χ0v) is 11.3. The lowest BCUT2D eigenvalue weighted by Crippen LogP contribution is -1.98. The summed E-state index contributed by atoms with van der Waals surface area (Å²) in [5.41, 5.74) is 2.13. The van der Waals surface area contributed by atoms with Gasteiger partial charge in [0, 0.05) is 29.9 Å². The fraction of sp³-hybridized carbons (Fsp3) is 0.154. The molecule has 0 saturated heterocycles. The fourth-order valence-electron chi connectivity index (χ4n) is 1.80. The van der Waals surface area contributed by atoms with Crippen molar-refractivity contribution in [1.82, 2.24) is 19.7 Å². The minimum absolute atomic E-state index is 0.751. The number of hydrogen-bond donors (Lipinski definition) is 1. The van der Waals surface area contributed by atoms with Gasteiger partial charge < -0.3 is 9.88 Å². The van der Waals surface area contributed by atoms with Crippen molar-refractivity contribution in [2.24, 2.45) is 7.05 Å². The van der Waals surface area contributed by atoms with Crippen LogP contribution in [0.3, 0.4) is 0 Å². The van der Waals surface area contributed by atoms with Crippen molar-refractivity contribution < 1.29 is 0 Å². The van der Waals surface area contributed by atoms with Crippen LogP contribution in [-0.2, 0) is 13.6 Å². The normalized spacial score (nSPS) is 10.6. The Labute approximate surface area is 115 Å². The minimum atomic E-state index is 0.751. The van der Waals surface area contributed by atoms with Crippen LogP contribution in [-0.4, -0.2) is 19.7 Å². The van der Waals surface area contributed by atoms with E-state index >= 15 is 0 Å². The van der Waals surface area contributed by atoms with E-state index in [0.717, 1.165) is 28.6 Å². The van der Waals surface area contributed by atoms with Crippen LogP contribution in [0.1, 0.15) is 5.01 Å². The van der Waals surface area contributed by atoms with Crippen molar-refractivity contribution in [2.75, 3.05) is 5.32 Å². The molecule has 0 bridgehead atoms. The van der Waals surface area contributed by atoms with E-state index in [1.54, 1.807) is 17.7 Å². The molecule has 6 heteroatoms. The zero-order chi connectivity index (χ0) is 13.1. The first kappa shape index (κ1) is 11.9. The molecule has 5 nitrogen and oxygen atoms in total. The quantitative estimate of drug-likeness (QED) is 0.792. The van der Waals surface area contributed by atoms with Crippen LogP contribution in [0.15, 0.2) is 42.2 Å². The topological polar surface area (TPSA) is 55.6 Å². The monoisotopic (exact) mass is 271 g/mol. The number of anilines is 1. The van der Waals surface area contributed by atoms with Gasteiger partial charge in [0.2, 0.25) is 0 Å². The number of aromatic nitrogens is 4. The van der Waals surface area contributed by atoms with Gasteiger partial charge in [-0.2, -0.15) is 0 Å². The zero-order valence-electron chi connectivity index (χ0n) is 10.4. The maximum atomic E-state index is 4.24. The van der Waals surface area contributed by atoms with E-state index in [0.29, 0.717) is 0 Å². The highest BCUT2D eigenvalue weighted by Gasteiger charge is 2.04. The van der Waals surface area contributed by atoms with Crippen molar-refractivity contribution in [1.29, 1.82) is 0 Å². The molecule has 0 amide bonds. The molecular weight excluding hydrogens is 258 g/mol. The van der Waals surface area contributed by atoms with Gasteiger partial charge in [0.1, 0.15) is 11.3 Å². The van der Waals surface area contributed by atoms with E-state index in [9.17, 15) is 0 Å². The van der Waals surface area contributed by atoms with E-state index < -0.39 is 0 Å². The molecule has 96 valence electrons. The molecule has 0 saturated carbocycles. The largest absolute Gasteiger partial charge is 0.379 e. The molecule has 0 atom stereocenters. The van der Waals surface area contributed by atoms with Crippen LogP contribution in [0.2, 0.25) is 0 Å². The average Bonchev–Trinajstić information content (AvgIpc) is 3.08. The summed E-state index contributed by atoms with van der Waals surface area (Å²) in [5, 5.41) is 14.4. The van der Waals surface area contributed by atoms with Crippen LogP contribution in [0, 0.1) is 0 Å². The smallest absolute Gasteiger partial charge is 0.163 e. The van der Waals surface area contributed by atoms with Crippen LogP contribution in [0.25, 0.3) is 11.4 Å². The summed E-state index contributed by atoms with van der Waals surface area (Å²) >= 11 is 1.65. The summed E-state index contributed by atoms with van der Waals surface area (Å²) in [6.07, 6.45) is 3.52. The predicted molar refractivity (Wildman–Crippen MR) is 75.9 cm³/mol. The van der Waals surface area contributed by atoms with E-state index in [1.165, 1.54) is 0 Å². The number of rotatable bonds is 4. The van der Waals surface area contributed by atoms with E-state index in [1.807, 2.05) is 47.5 Å². The number of aryl methyl sites for hydroxylation is 1. The summed E-state index contributed by atoms with van der Waals surface area (Å²) in [7, 11) is 1.93. The van der Waals surface area contributed by atoms with Crippen molar-refractivity contribution in [3.05, 3.63) is 47.2 Å². The Hall–Kier alpha value is -2.21. The molecule has 0 aliphatic heterocycles. The molecule has 1 aromatic carbocycles. The molecule has 0 radical (unpaired) electrons. The highest BCUT2D eigenvalue weighted by atomic mass is 32.1. The Morgan fingerprint density at radius 1 is 1.26 bits per heavy atom. The highest BCUT2D eigenvalue weighted by Crippen LogP contribution is 2.19. The number of benzene rings is 1. The third-order valence-corrected chi connectivity index (χ3v) is 3.56. The standard InChI is InChI=1S/C13H13N5S/c1-18-9-16-17-13(18)10-2-4-11(5-3-10)15-8-12-14-6-7-19-12/h2-7,9,15H,8H2,1H3. The van der Waals surface area contributed by atoms with Crippen molar-refractivity contribution in [3.8, 4) is 11.4 Å². The lowest BCUT2D eigenvalue weighted by Gasteiger charge is -2.05. The van der Waals surface area contributed by atoms with Crippen LogP contribution in [0.4, 0.5) is 5.69 Å². The predicted octanol–water partition coefficient (Wildman–Crippen LogP) is 2.55. The van der Waals surface area contributed by atoms with E-state index in [-0.39, 0.29) is 0 Å². The maximum Gasteiger partial charge on any atom is 0.163 e. The Kier molecular flexibility index (Phi) is 3.24. The number of thiazole rings is 1. The highest BCUT2D eigenvalue weighted by molar-refractivity contribution is 7.09. The van der Waals surface area contributed by atoms with Gasteiger partial charge in [-0.1, -0.05) is 0 Å². The lowest BCUT2D eigenvalue weighted by molar-refractivity contribution is 0.920. The van der Waals surface area contributed by atoms with Gasteiger partial charge in [-0.3, -0.25) is 0 Å². The van der Waals surface area contributed by atoms with Crippen molar-refractivity contribution >= 4 is 17.0 Å². The lowest BCUT2D eigenvalue weighted by atomic mass is 10.2. The van der Waals surface area contributed by atoms with Gasteiger partial charge >= 0.3 is 0 Å². The van der Waals surface area contributed by atoms with E-state index in [4.69, 9.17) is 0 Å². The molecular formula is C13H13N5S. The van der Waals surface area contributed by atoms with Crippen LogP contribution < -0.4 is 5.32 Å². The number of nitrogens with zero attached hydrogens (tertiary/aromatic N) is 4. The Balaban J connectivity index is 1.71. The minimum Gasteiger partial charge on any atom is -0.379 e. The molecule has 19 heavy (non-hydrogen) atoms. The number of hydrogen-bond acceptors (Lipinski definition) is 5. The Bertz CT molecular complexity index is 642. The second-order valence-electron chi connectivity index (χ2n) is 4.12. The summed E-state index contributed by atoms with van der Waals surface area (Å²) in [4.78, 5) is 4.24. The van der Waals surface area contributed by atoms with Gasteiger partial charge in [0.05, 0.1) is 6.54 Å². The summed E-state index contributed by atoms with van der Waals surface area (Å²) in [6.45, 7) is 0.751. The molecule has 3 aromatic rings. The van der Waals surface area contributed by atoms with Gasteiger partial charge in [-0.05, 0) is 24.3 Å². The first-order valence-corrected chi connectivity index (χ1v) is 6.77. The molecule has 0 unspecified atom stereocenters. The van der Waals surface area contributed by atoms with Gasteiger partial charge in [0.15, 0.2) is 5.82 Å². The third-order valence-electron chi connectivity index (χ3n) is 2.78. The molecule has 1 N–H and O–H groups in total. The summed E-state index contributed by atoms with van der Waals surface area (Å²) < 4.78 is 1.90.